The molecule has 0 unspecified atom stereocenters. The molecule has 34 heavy (non-hydrogen) atoms. The van der Waals surface area contributed by atoms with E-state index in [2.05, 4.69) is 0 Å². The Hall–Kier alpha value is -2.18. The number of hydrogen-bond donors (Lipinski definition) is 3. The Morgan fingerprint density at radius 3 is 0.941 bits per heavy atom. The van der Waals surface area contributed by atoms with E-state index in [1.54, 1.807) is 0 Å². The van der Waals surface area contributed by atoms with E-state index in [9.17, 15) is 38.9 Å². The zero-order chi connectivity index (χ0) is 25.6. The van der Waals surface area contributed by atoms with Crippen LogP contribution in [0.1, 0.15) is 16.7 Å². The van der Waals surface area contributed by atoms with Gasteiger partial charge < -0.3 is 0 Å². The summed E-state index contributed by atoms with van der Waals surface area (Å²) >= 11 is 0. The molecule has 3 aromatic carbocycles. The van der Waals surface area contributed by atoms with E-state index in [1.807, 2.05) is 0 Å². The molecule has 0 aliphatic rings. The third-order valence-corrected chi connectivity index (χ3v) is 11.3. The SMILES string of the molecule is Cc1cccc(P(c2cccc(C)c2S(=O)(=O)O)c2cccc(C)c2S(=O)(=O)O)c1S(=O)(=O)O. The molecule has 3 rings (SSSR count). The van der Waals surface area contributed by atoms with Crippen LogP contribution in [0.25, 0.3) is 0 Å². The Labute approximate surface area is 199 Å². The van der Waals surface area contributed by atoms with Crippen molar-refractivity contribution in [1.82, 2.24) is 0 Å². The first-order valence-electron chi connectivity index (χ1n) is 9.56. The van der Waals surface area contributed by atoms with Crippen molar-refractivity contribution in [2.45, 2.75) is 35.5 Å². The van der Waals surface area contributed by atoms with E-state index in [0.717, 1.165) is 0 Å². The predicted octanol–water partition coefficient (Wildman–Crippen LogP) is 2.11. The topological polar surface area (TPSA) is 163 Å². The van der Waals surface area contributed by atoms with Gasteiger partial charge in [0.25, 0.3) is 30.4 Å². The van der Waals surface area contributed by atoms with E-state index in [-0.39, 0.29) is 32.6 Å². The highest BCUT2D eigenvalue weighted by atomic mass is 32.2. The lowest BCUT2D eigenvalue weighted by Crippen LogP contribution is -2.31. The van der Waals surface area contributed by atoms with Crippen LogP contribution < -0.4 is 15.9 Å². The maximum atomic E-state index is 12.4. The highest BCUT2D eigenvalue weighted by molar-refractivity contribution is 7.91. The van der Waals surface area contributed by atoms with Gasteiger partial charge in [-0.05, 0) is 45.4 Å². The van der Waals surface area contributed by atoms with Crippen LogP contribution in [0.5, 0.6) is 0 Å². The Morgan fingerprint density at radius 1 is 0.500 bits per heavy atom. The molecule has 0 spiro atoms. The summed E-state index contributed by atoms with van der Waals surface area (Å²) in [6.45, 7) is 4.25. The van der Waals surface area contributed by atoms with Gasteiger partial charge in [-0.15, -0.1) is 0 Å². The Kier molecular flexibility index (Phi) is 7.09. The van der Waals surface area contributed by atoms with E-state index in [4.69, 9.17) is 0 Å². The van der Waals surface area contributed by atoms with Crippen LogP contribution in [0.3, 0.4) is 0 Å². The zero-order valence-electron chi connectivity index (χ0n) is 18.2. The lowest BCUT2D eigenvalue weighted by Gasteiger charge is -2.26. The minimum Gasteiger partial charge on any atom is -0.282 e. The van der Waals surface area contributed by atoms with Gasteiger partial charge in [0.05, 0.1) is 0 Å². The maximum absolute atomic E-state index is 12.4. The summed E-state index contributed by atoms with van der Waals surface area (Å²) in [7, 11) is -16.9. The molecule has 0 bridgehead atoms. The van der Waals surface area contributed by atoms with Crippen molar-refractivity contribution >= 4 is 54.2 Å². The molecule has 3 N–H and O–H groups in total. The fourth-order valence-electron chi connectivity index (χ4n) is 3.84. The average molecular weight is 545 g/mol. The lowest BCUT2D eigenvalue weighted by atomic mass is 10.2. The minimum absolute atomic E-state index is 0.0801. The highest BCUT2D eigenvalue weighted by Gasteiger charge is 2.34. The minimum atomic E-state index is -4.85. The first kappa shape index (κ1) is 26.4. The third-order valence-electron chi connectivity index (χ3n) is 5.07. The number of benzene rings is 3. The van der Waals surface area contributed by atoms with Crippen molar-refractivity contribution in [2.24, 2.45) is 0 Å². The van der Waals surface area contributed by atoms with Crippen LogP contribution in [-0.4, -0.2) is 38.9 Å². The van der Waals surface area contributed by atoms with Crippen LogP contribution in [0.2, 0.25) is 0 Å². The predicted molar refractivity (Wildman–Crippen MR) is 129 cm³/mol. The van der Waals surface area contributed by atoms with Gasteiger partial charge in [-0.25, -0.2) is 0 Å². The summed E-state index contributed by atoms with van der Waals surface area (Å²) in [6.07, 6.45) is 0. The van der Waals surface area contributed by atoms with Crippen LogP contribution in [0, 0.1) is 20.8 Å². The first-order valence-corrected chi connectivity index (χ1v) is 15.2. The number of rotatable bonds is 6. The van der Waals surface area contributed by atoms with Crippen molar-refractivity contribution in [3.8, 4) is 0 Å². The number of aryl methyl sites for hydroxylation is 3. The fourth-order valence-corrected chi connectivity index (χ4v) is 10.7. The molecule has 13 heteroatoms. The largest absolute Gasteiger partial charge is 0.295 e. The normalized spacial score (nSPS) is 12.8. The summed E-state index contributed by atoms with van der Waals surface area (Å²) in [5.41, 5.74) is 0.402. The van der Waals surface area contributed by atoms with Crippen molar-refractivity contribution in [1.29, 1.82) is 0 Å². The van der Waals surface area contributed by atoms with Gasteiger partial charge in [0.1, 0.15) is 14.7 Å². The molecule has 0 atom stereocenters. The molecule has 0 heterocycles. The highest BCUT2D eigenvalue weighted by Crippen LogP contribution is 2.41. The molecular weight excluding hydrogens is 523 g/mol. The van der Waals surface area contributed by atoms with Crippen molar-refractivity contribution in [3.05, 3.63) is 71.3 Å². The second-order valence-corrected chi connectivity index (χ2v) is 13.7. The molecule has 3 aromatic rings. The molecule has 0 aromatic heterocycles. The Balaban J connectivity index is 2.65. The van der Waals surface area contributed by atoms with E-state index < -0.39 is 53.0 Å². The first-order chi connectivity index (χ1) is 15.5. The summed E-state index contributed by atoms with van der Waals surface area (Å²) in [4.78, 5) is -1.56. The summed E-state index contributed by atoms with van der Waals surface area (Å²) < 4.78 is 104. The van der Waals surface area contributed by atoms with Crippen LogP contribution in [0.4, 0.5) is 0 Å². The lowest BCUT2D eigenvalue weighted by molar-refractivity contribution is 0.481. The Bertz CT molecular complexity index is 1420. The molecule has 0 aliphatic carbocycles. The maximum Gasteiger partial charge on any atom is 0.295 e. The average Bonchev–Trinajstić information content (AvgIpc) is 2.65. The Morgan fingerprint density at radius 2 is 0.735 bits per heavy atom. The molecule has 0 saturated carbocycles. The molecule has 0 amide bonds. The summed E-state index contributed by atoms with van der Waals surface area (Å²) in [5, 5.41) is -0.240. The second kappa shape index (κ2) is 9.12. The van der Waals surface area contributed by atoms with Crippen molar-refractivity contribution < 1.29 is 38.9 Å². The van der Waals surface area contributed by atoms with Gasteiger partial charge in [0.15, 0.2) is 0 Å². The summed E-state index contributed by atoms with van der Waals surface area (Å²) in [6, 6.07) is 12.7. The molecule has 0 radical (unpaired) electrons. The third kappa shape index (κ3) is 5.08. The second-order valence-electron chi connectivity index (χ2n) is 7.53. The van der Waals surface area contributed by atoms with Crippen molar-refractivity contribution in [3.63, 3.8) is 0 Å². The van der Waals surface area contributed by atoms with Crippen LogP contribution >= 0.6 is 7.92 Å². The van der Waals surface area contributed by atoms with Gasteiger partial charge >= 0.3 is 0 Å². The van der Waals surface area contributed by atoms with Gasteiger partial charge in [0.2, 0.25) is 0 Å². The molecule has 9 nitrogen and oxygen atoms in total. The zero-order valence-corrected chi connectivity index (χ0v) is 21.5. The quantitative estimate of drug-likeness (QED) is 0.311. The fraction of sp³-hybridized carbons (Fsp3) is 0.143. The monoisotopic (exact) mass is 544 g/mol. The molecule has 0 saturated heterocycles. The standard InChI is InChI=1S/C21H21O9PS3/c1-13-7-4-10-16(19(13)32(22,23)24)31(17-11-5-8-14(2)20(17)33(25,26)27)18-12-6-9-15(3)21(18)34(28,29)30/h4-12H,1-3H3,(H,22,23,24)(H,25,26,27)(H,28,29,30). The molecule has 0 fully saturated rings. The smallest absolute Gasteiger partial charge is 0.282 e. The van der Waals surface area contributed by atoms with Crippen molar-refractivity contribution in [2.75, 3.05) is 0 Å². The molecule has 0 aliphatic heterocycles. The van der Waals surface area contributed by atoms with Crippen LogP contribution in [-0.2, 0) is 30.4 Å². The molecule has 182 valence electrons. The number of hydrogen-bond acceptors (Lipinski definition) is 6. The summed E-state index contributed by atoms with van der Waals surface area (Å²) in [5.74, 6) is 0. The van der Waals surface area contributed by atoms with E-state index in [1.165, 1.54) is 75.4 Å². The molecular formula is C21H21O9PS3. The van der Waals surface area contributed by atoms with Crippen LogP contribution in [0.15, 0.2) is 69.3 Å². The van der Waals surface area contributed by atoms with E-state index in [0.29, 0.717) is 0 Å². The van der Waals surface area contributed by atoms with Gasteiger partial charge in [0, 0.05) is 15.9 Å². The van der Waals surface area contributed by atoms with Gasteiger partial charge in [-0.3, -0.25) is 13.7 Å². The van der Waals surface area contributed by atoms with E-state index >= 15 is 0 Å². The van der Waals surface area contributed by atoms with Gasteiger partial charge in [-0.2, -0.15) is 25.3 Å². The van der Waals surface area contributed by atoms with Gasteiger partial charge in [-0.1, -0.05) is 54.6 Å².